The number of alkyl halides is 3. The van der Waals surface area contributed by atoms with E-state index in [1.54, 1.807) is 19.9 Å². The Labute approximate surface area is 181 Å². The Kier molecular flexibility index (Phi) is 6.76. The van der Waals surface area contributed by atoms with Gasteiger partial charge in [-0.3, -0.25) is 4.79 Å². The lowest BCUT2D eigenvalue weighted by molar-refractivity contribution is -0.152. The molecule has 1 heterocycles. The molecule has 3 aromatic rings. The van der Waals surface area contributed by atoms with Crippen molar-refractivity contribution >= 4 is 16.9 Å². The molecule has 9 heteroatoms. The zero-order chi connectivity index (χ0) is 23.5. The molecule has 170 valence electrons. The molecule has 0 unspecified atom stereocenters. The molecule has 1 aromatic heterocycles. The summed E-state index contributed by atoms with van der Waals surface area (Å²) in [7, 11) is 1.30. The first-order valence-corrected chi connectivity index (χ1v) is 9.85. The van der Waals surface area contributed by atoms with Crippen molar-refractivity contribution in [2.24, 2.45) is 0 Å². The first-order chi connectivity index (χ1) is 15.2. The summed E-state index contributed by atoms with van der Waals surface area (Å²) in [5.41, 5.74) is -1.87. The normalized spacial score (nSPS) is 12.4. The number of hydrogen-bond acceptors (Lipinski definition) is 6. The Hall–Kier alpha value is -3.49. The van der Waals surface area contributed by atoms with E-state index in [1.165, 1.54) is 37.4 Å². The molecule has 3 rings (SSSR count). The Bertz CT molecular complexity index is 1180. The quantitative estimate of drug-likeness (QED) is 0.460. The minimum atomic E-state index is -4.95. The van der Waals surface area contributed by atoms with Crippen molar-refractivity contribution in [1.82, 2.24) is 0 Å². The van der Waals surface area contributed by atoms with Gasteiger partial charge in [0.1, 0.15) is 17.1 Å². The van der Waals surface area contributed by atoms with Crippen molar-refractivity contribution in [3.8, 4) is 22.6 Å². The predicted molar refractivity (Wildman–Crippen MR) is 111 cm³/mol. The number of para-hydroxylation sites is 1. The molecule has 2 aromatic carbocycles. The van der Waals surface area contributed by atoms with E-state index in [-0.39, 0.29) is 41.1 Å². The zero-order valence-electron chi connectivity index (χ0n) is 17.6. The fourth-order valence-corrected chi connectivity index (χ4v) is 3.24. The topological polar surface area (TPSA) is 75.0 Å². The van der Waals surface area contributed by atoms with Crippen LogP contribution in [0.25, 0.3) is 22.1 Å². The van der Waals surface area contributed by atoms with Gasteiger partial charge in [-0.25, -0.2) is 4.79 Å². The minimum Gasteiger partial charge on any atom is -0.496 e. The SMILES string of the molecule is CCOC(=O)[C@@H](CC)Oc1ccc2c(=O)c(-c3ccccc3OC)c(C(F)(F)F)oc2c1. The van der Waals surface area contributed by atoms with E-state index >= 15 is 0 Å². The third kappa shape index (κ3) is 4.56. The lowest BCUT2D eigenvalue weighted by Gasteiger charge is -2.17. The van der Waals surface area contributed by atoms with Gasteiger partial charge in [0, 0.05) is 11.6 Å². The van der Waals surface area contributed by atoms with Crippen LogP contribution in [0.15, 0.2) is 51.7 Å². The number of esters is 1. The van der Waals surface area contributed by atoms with E-state index in [1.807, 2.05) is 0 Å². The molecular formula is C23H21F3O6. The molecule has 0 saturated heterocycles. The number of carbonyl (C=O) groups excluding carboxylic acids is 1. The fourth-order valence-electron chi connectivity index (χ4n) is 3.24. The van der Waals surface area contributed by atoms with Crippen LogP contribution in [-0.2, 0) is 15.7 Å². The molecule has 32 heavy (non-hydrogen) atoms. The highest BCUT2D eigenvalue weighted by atomic mass is 19.4. The summed E-state index contributed by atoms with van der Waals surface area (Å²) in [4.78, 5) is 25.1. The number of benzene rings is 2. The molecule has 0 aliphatic carbocycles. The molecule has 0 N–H and O–H groups in total. The molecule has 0 aliphatic heterocycles. The lowest BCUT2D eigenvalue weighted by Crippen LogP contribution is -2.28. The molecule has 0 saturated carbocycles. The third-order valence-corrected chi connectivity index (χ3v) is 4.70. The predicted octanol–water partition coefficient (Wildman–Crippen LogP) is 5.21. The smallest absolute Gasteiger partial charge is 0.450 e. The Balaban J connectivity index is 2.18. The highest BCUT2D eigenvalue weighted by Crippen LogP contribution is 2.40. The Morgan fingerprint density at radius 1 is 1.12 bits per heavy atom. The molecular weight excluding hydrogens is 429 g/mol. The second-order valence-electron chi connectivity index (χ2n) is 6.76. The number of ether oxygens (including phenoxy) is 3. The summed E-state index contributed by atoms with van der Waals surface area (Å²) in [5.74, 6) is -1.88. The van der Waals surface area contributed by atoms with Gasteiger partial charge >= 0.3 is 12.1 Å². The number of halogens is 3. The van der Waals surface area contributed by atoms with Gasteiger partial charge in [-0.15, -0.1) is 0 Å². The van der Waals surface area contributed by atoms with Gasteiger partial charge in [-0.2, -0.15) is 13.2 Å². The van der Waals surface area contributed by atoms with E-state index < -0.39 is 35.0 Å². The van der Waals surface area contributed by atoms with Crippen LogP contribution in [-0.4, -0.2) is 25.8 Å². The summed E-state index contributed by atoms with van der Waals surface area (Å²) in [6.45, 7) is 3.50. The summed E-state index contributed by atoms with van der Waals surface area (Å²) < 4.78 is 62.4. The van der Waals surface area contributed by atoms with Crippen LogP contribution in [0.4, 0.5) is 13.2 Å². The monoisotopic (exact) mass is 450 g/mol. The molecule has 0 aliphatic rings. The van der Waals surface area contributed by atoms with Crippen LogP contribution in [0.5, 0.6) is 11.5 Å². The van der Waals surface area contributed by atoms with Crippen molar-refractivity contribution in [1.29, 1.82) is 0 Å². The molecule has 0 amide bonds. The number of methoxy groups -OCH3 is 1. The maximum absolute atomic E-state index is 13.9. The number of carbonyl (C=O) groups is 1. The van der Waals surface area contributed by atoms with Crippen LogP contribution in [0, 0.1) is 0 Å². The number of rotatable bonds is 7. The van der Waals surface area contributed by atoms with E-state index in [2.05, 4.69) is 0 Å². The number of hydrogen-bond donors (Lipinski definition) is 0. The maximum Gasteiger partial charge on any atom is 0.450 e. The van der Waals surface area contributed by atoms with Crippen LogP contribution >= 0.6 is 0 Å². The van der Waals surface area contributed by atoms with E-state index in [9.17, 15) is 22.8 Å². The van der Waals surface area contributed by atoms with Gasteiger partial charge < -0.3 is 18.6 Å². The Morgan fingerprint density at radius 2 is 1.84 bits per heavy atom. The molecule has 0 spiro atoms. The van der Waals surface area contributed by atoms with Crippen molar-refractivity contribution in [2.75, 3.05) is 13.7 Å². The molecule has 0 bridgehead atoms. The summed E-state index contributed by atoms with van der Waals surface area (Å²) in [6.07, 6.45) is -5.62. The number of fused-ring (bicyclic) bond motifs is 1. The van der Waals surface area contributed by atoms with Crippen molar-refractivity contribution in [3.05, 3.63) is 58.4 Å². The average Bonchev–Trinajstić information content (AvgIpc) is 2.76. The zero-order valence-corrected chi connectivity index (χ0v) is 17.6. The highest BCUT2D eigenvalue weighted by Gasteiger charge is 2.40. The van der Waals surface area contributed by atoms with Crippen molar-refractivity contribution < 1.29 is 36.6 Å². The second kappa shape index (κ2) is 9.33. The minimum absolute atomic E-state index is 0.0355. The Morgan fingerprint density at radius 3 is 2.47 bits per heavy atom. The van der Waals surface area contributed by atoms with E-state index in [0.29, 0.717) is 0 Å². The highest BCUT2D eigenvalue weighted by molar-refractivity contribution is 5.85. The van der Waals surface area contributed by atoms with Crippen molar-refractivity contribution in [3.63, 3.8) is 0 Å². The fraction of sp³-hybridized carbons (Fsp3) is 0.304. The lowest BCUT2D eigenvalue weighted by atomic mass is 10.0. The summed E-state index contributed by atoms with van der Waals surface area (Å²) >= 11 is 0. The maximum atomic E-state index is 13.9. The summed E-state index contributed by atoms with van der Waals surface area (Å²) in [5, 5.41) is -0.0737. The first kappa shape index (κ1) is 23.2. The van der Waals surface area contributed by atoms with Crippen LogP contribution < -0.4 is 14.9 Å². The third-order valence-electron chi connectivity index (χ3n) is 4.70. The van der Waals surface area contributed by atoms with Gasteiger partial charge in [0.2, 0.25) is 11.2 Å². The van der Waals surface area contributed by atoms with Gasteiger partial charge in [-0.05, 0) is 31.5 Å². The van der Waals surface area contributed by atoms with Gasteiger partial charge in [0.05, 0.1) is 24.7 Å². The van der Waals surface area contributed by atoms with Gasteiger partial charge in [0.25, 0.3) is 0 Å². The molecule has 6 nitrogen and oxygen atoms in total. The average molecular weight is 450 g/mol. The van der Waals surface area contributed by atoms with Gasteiger partial charge in [-0.1, -0.05) is 25.1 Å². The van der Waals surface area contributed by atoms with Crippen LogP contribution in [0.3, 0.4) is 0 Å². The second-order valence-corrected chi connectivity index (χ2v) is 6.76. The van der Waals surface area contributed by atoms with Crippen molar-refractivity contribution in [2.45, 2.75) is 32.5 Å². The van der Waals surface area contributed by atoms with Crippen LogP contribution in [0.2, 0.25) is 0 Å². The molecule has 0 radical (unpaired) electrons. The van der Waals surface area contributed by atoms with E-state index in [0.717, 1.165) is 6.07 Å². The molecule has 0 fully saturated rings. The van der Waals surface area contributed by atoms with E-state index in [4.69, 9.17) is 18.6 Å². The standard InChI is InChI=1S/C23H21F3O6/c1-4-16(22(28)30-5-2)31-13-10-11-15-18(12-13)32-21(23(24,25)26)19(20(15)27)14-8-6-7-9-17(14)29-3/h6-12,16H,4-5H2,1-3H3/t16-/m1/s1. The largest absolute Gasteiger partial charge is 0.496 e. The van der Waals surface area contributed by atoms with Crippen LogP contribution in [0.1, 0.15) is 26.0 Å². The van der Waals surface area contributed by atoms with Gasteiger partial charge in [0.15, 0.2) is 6.10 Å². The molecule has 1 atom stereocenters. The summed E-state index contributed by atoms with van der Waals surface area (Å²) in [6, 6.07) is 9.73. The first-order valence-electron chi connectivity index (χ1n) is 9.85.